The van der Waals surface area contributed by atoms with Gasteiger partial charge >= 0.3 is 0 Å². The van der Waals surface area contributed by atoms with Gasteiger partial charge in [0.15, 0.2) is 5.69 Å². The second-order valence-corrected chi connectivity index (χ2v) is 7.97. The molecule has 0 N–H and O–H groups in total. The van der Waals surface area contributed by atoms with Crippen LogP contribution in [0.5, 0.6) is 0 Å². The Morgan fingerprint density at radius 2 is 1.92 bits per heavy atom. The lowest BCUT2D eigenvalue weighted by molar-refractivity contribution is 0.0768. The van der Waals surface area contributed by atoms with Crippen LogP contribution >= 0.6 is 0 Å². The molecule has 2 aromatic rings. The summed E-state index contributed by atoms with van der Waals surface area (Å²) in [6.45, 7) is 15.6. The molecule has 0 fully saturated rings. The van der Waals surface area contributed by atoms with E-state index in [1.807, 2.05) is 33.8 Å². The van der Waals surface area contributed by atoms with Crippen molar-refractivity contribution < 1.29 is 4.79 Å². The summed E-state index contributed by atoms with van der Waals surface area (Å²) in [5, 5.41) is 4.65. The average molecular weight is 354 g/mol. The molecule has 0 spiro atoms. The van der Waals surface area contributed by atoms with Crippen molar-refractivity contribution in [3.05, 3.63) is 66.0 Å². The zero-order valence-corrected chi connectivity index (χ0v) is 16.7. The Morgan fingerprint density at radius 3 is 2.42 bits per heavy atom. The summed E-state index contributed by atoms with van der Waals surface area (Å²) >= 11 is 0. The molecule has 4 nitrogen and oxygen atoms in total. The first-order valence-corrected chi connectivity index (χ1v) is 9.28. The summed E-state index contributed by atoms with van der Waals surface area (Å²) in [5.41, 5.74) is 2.66. The van der Waals surface area contributed by atoms with Crippen LogP contribution < -0.4 is 0 Å². The van der Waals surface area contributed by atoms with E-state index >= 15 is 0 Å². The number of carbonyl (C=O) groups is 1. The highest BCUT2D eigenvalue weighted by molar-refractivity contribution is 5.92. The summed E-state index contributed by atoms with van der Waals surface area (Å²) in [4.78, 5) is 14.9. The van der Waals surface area contributed by atoms with Crippen molar-refractivity contribution in [1.29, 1.82) is 0 Å². The second-order valence-electron chi connectivity index (χ2n) is 7.97. The SMILES string of the molecule is C=CCN(CCc1ccccc1)C(=O)c1cc(C(C)C)n(C(C)(C)C)n1. The molecule has 1 aromatic carbocycles. The summed E-state index contributed by atoms with van der Waals surface area (Å²) in [5.74, 6) is 0.270. The molecule has 0 unspecified atom stereocenters. The average Bonchev–Trinajstić information content (AvgIpc) is 3.05. The molecule has 0 aliphatic carbocycles. The van der Waals surface area contributed by atoms with E-state index in [0.29, 0.717) is 24.7 Å². The summed E-state index contributed by atoms with van der Waals surface area (Å²) in [6.07, 6.45) is 2.59. The minimum Gasteiger partial charge on any atom is -0.333 e. The Hall–Kier alpha value is -2.36. The molecule has 0 saturated heterocycles. The van der Waals surface area contributed by atoms with Crippen LogP contribution in [0.2, 0.25) is 0 Å². The molecule has 4 heteroatoms. The molecular formula is C22H31N3O. The summed E-state index contributed by atoms with van der Waals surface area (Å²) in [6, 6.07) is 12.2. The van der Waals surface area contributed by atoms with E-state index in [1.165, 1.54) is 5.56 Å². The van der Waals surface area contributed by atoms with E-state index in [4.69, 9.17) is 0 Å². The van der Waals surface area contributed by atoms with Gasteiger partial charge in [0.25, 0.3) is 5.91 Å². The molecular weight excluding hydrogens is 322 g/mol. The van der Waals surface area contributed by atoms with Gasteiger partial charge in [-0.1, -0.05) is 50.3 Å². The van der Waals surface area contributed by atoms with Gasteiger partial charge in [-0.2, -0.15) is 5.10 Å². The first-order chi connectivity index (χ1) is 12.2. The number of benzene rings is 1. The van der Waals surface area contributed by atoms with E-state index in [2.05, 4.69) is 58.4 Å². The Bertz CT molecular complexity index is 738. The van der Waals surface area contributed by atoms with E-state index in [1.54, 1.807) is 6.08 Å². The lowest BCUT2D eigenvalue weighted by atomic mass is 10.1. The third kappa shape index (κ3) is 4.84. The van der Waals surface area contributed by atoms with Crippen LogP contribution in [-0.2, 0) is 12.0 Å². The molecule has 0 aliphatic rings. The third-order valence-corrected chi connectivity index (χ3v) is 4.33. The molecule has 0 aliphatic heterocycles. The molecule has 0 radical (unpaired) electrons. The van der Waals surface area contributed by atoms with Gasteiger partial charge < -0.3 is 4.90 Å². The van der Waals surface area contributed by atoms with Crippen LogP contribution in [0.3, 0.4) is 0 Å². The number of carbonyl (C=O) groups excluding carboxylic acids is 1. The molecule has 0 bridgehead atoms. The van der Waals surface area contributed by atoms with Crippen molar-refractivity contribution in [2.24, 2.45) is 0 Å². The fourth-order valence-electron chi connectivity index (χ4n) is 2.95. The maximum absolute atomic E-state index is 13.1. The van der Waals surface area contributed by atoms with Gasteiger partial charge in [-0.25, -0.2) is 0 Å². The lowest BCUT2D eigenvalue weighted by Gasteiger charge is -2.24. The van der Waals surface area contributed by atoms with E-state index < -0.39 is 0 Å². The van der Waals surface area contributed by atoms with Crippen LogP contribution in [0.25, 0.3) is 0 Å². The monoisotopic (exact) mass is 353 g/mol. The van der Waals surface area contributed by atoms with E-state index in [9.17, 15) is 4.79 Å². The van der Waals surface area contributed by atoms with Gasteiger partial charge in [0, 0.05) is 18.8 Å². The Morgan fingerprint density at radius 1 is 1.27 bits per heavy atom. The van der Waals surface area contributed by atoms with Crippen molar-refractivity contribution in [1.82, 2.24) is 14.7 Å². The number of hydrogen-bond acceptors (Lipinski definition) is 2. The maximum Gasteiger partial charge on any atom is 0.274 e. The highest BCUT2D eigenvalue weighted by Gasteiger charge is 2.25. The Balaban J connectivity index is 2.24. The number of amides is 1. The van der Waals surface area contributed by atoms with Gasteiger partial charge in [0.1, 0.15) is 0 Å². The topological polar surface area (TPSA) is 38.1 Å². The van der Waals surface area contributed by atoms with Crippen LogP contribution in [0.1, 0.15) is 62.3 Å². The first kappa shape index (κ1) is 20.0. The zero-order valence-electron chi connectivity index (χ0n) is 16.7. The fourth-order valence-corrected chi connectivity index (χ4v) is 2.95. The van der Waals surface area contributed by atoms with Crippen LogP contribution in [0, 0.1) is 0 Å². The number of hydrogen-bond donors (Lipinski definition) is 0. The van der Waals surface area contributed by atoms with Gasteiger partial charge in [-0.3, -0.25) is 9.48 Å². The Kier molecular flexibility index (Phi) is 6.41. The zero-order chi connectivity index (χ0) is 19.3. The minimum atomic E-state index is -0.161. The molecule has 26 heavy (non-hydrogen) atoms. The van der Waals surface area contributed by atoms with Crippen molar-refractivity contribution in [3.63, 3.8) is 0 Å². The van der Waals surface area contributed by atoms with Gasteiger partial charge in [0.05, 0.1) is 5.54 Å². The fraction of sp³-hybridized carbons (Fsp3) is 0.455. The minimum absolute atomic E-state index is 0.0364. The predicted octanol–water partition coefficient (Wildman–Crippen LogP) is 4.63. The molecule has 1 aromatic heterocycles. The normalized spacial score (nSPS) is 11.6. The van der Waals surface area contributed by atoms with Crippen molar-refractivity contribution >= 4 is 5.91 Å². The van der Waals surface area contributed by atoms with Crippen molar-refractivity contribution in [2.45, 2.75) is 52.5 Å². The lowest BCUT2D eigenvalue weighted by Crippen LogP contribution is -2.34. The van der Waals surface area contributed by atoms with Gasteiger partial charge in [0.2, 0.25) is 0 Å². The summed E-state index contributed by atoms with van der Waals surface area (Å²) in [7, 11) is 0. The van der Waals surface area contributed by atoms with Gasteiger partial charge in [-0.15, -0.1) is 6.58 Å². The molecule has 2 rings (SSSR count). The van der Waals surface area contributed by atoms with Crippen molar-refractivity contribution in [3.8, 4) is 0 Å². The molecule has 1 amide bonds. The van der Waals surface area contributed by atoms with Crippen LogP contribution in [0.4, 0.5) is 0 Å². The van der Waals surface area contributed by atoms with E-state index in [0.717, 1.165) is 12.1 Å². The maximum atomic E-state index is 13.1. The Labute approximate surface area is 157 Å². The van der Waals surface area contributed by atoms with Crippen LogP contribution in [-0.4, -0.2) is 33.7 Å². The standard InChI is InChI=1S/C22H31N3O/c1-7-14-24(15-13-18-11-9-8-10-12-18)21(26)19-16-20(17(2)3)25(23-19)22(4,5)6/h7-12,16-17H,1,13-15H2,2-6H3. The number of aromatic nitrogens is 2. The van der Waals surface area contributed by atoms with Gasteiger partial charge in [-0.05, 0) is 44.7 Å². The second kappa shape index (κ2) is 8.35. The largest absolute Gasteiger partial charge is 0.333 e. The summed E-state index contributed by atoms with van der Waals surface area (Å²) < 4.78 is 1.98. The number of nitrogens with zero attached hydrogens (tertiary/aromatic N) is 3. The molecule has 1 heterocycles. The molecule has 0 atom stereocenters. The predicted molar refractivity (Wildman–Crippen MR) is 108 cm³/mol. The quantitative estimate of drug-likeness (QED) is 0.681. The highest BCUT2D eigenvalue weighted by Crippen LogP contribution is 2.24. The van der Waals surface area contributed by atoms with Crippen molar-refractivity contribution in [2.75, 3.05) is 13.1 Å². The third-order valence-electron chi connectivity index (χ3n) is 4.33. The number of rotatable bonds is 7. The first-order valence-electron chi connectivity index (χ1n) is 9.28. The molecule has 140 valence electrons. The van der Waals surface area contributed by atoms with Crippen LogP contribution in [0.15, 0.2) is 49.1 Å². The van der Waals surface area contributed by atoms with E-state index in [-0.39, 0.29) is 11.4 Å². The smallest absolute Gasteiger partial charge is 0.274 e. The molecule has 0 saturated carbocycles. The highest BCUT2D eigenvalue weighted by atomic mass is 16.2.